The van der Waals surface area contributed by atoms with Gasteiger partial charge in [-0.05, 0) is 182 Å². The first-order valence-electron chi connectivity index (χ1n) is 33.3. The van der Waals surface area contributed by atoms with Gasteiger partial charge in [-0.2, -0.15) is 0 Å². The van der Waals surface area contributed by atoms with Gasteiger partial charge in [0.1, 0.15) is 79.6 Å². The molecule has 0 bridgehead atoms. The summed E-state index contributed by atoms with van der Waals surface area (Å²) < 4.78 is 39.0. The average Bonchev–Trinajstić information content (AvgIpc) is 0.852. The number of rotatable bonds is 15. The Morgan fingerprint density at radius 1 is 0.123 bits per heavy atom. The zero-order valence-corrected chi connectivity index (χ0v) is 73.7. The molecule has 0 heterocycles. The van der Waals surface area contributed by atoms with Crippen molar-refractivity contribution in [3.8, 4) is 0 Å². The quantitative estimate of drug-likeness (QED) is 0.0415. The van der Waals surface area contributed by atoms with E-state index in [0.29, 0.717) is 0 Å². The Morgan fingerprint density at radius 2 is 0.170 bits per heavy atom. The molecule has 15 heteroatoms. The Bertz CT molecular complexity index is 3470. The van der Waals surface area contributed by atoms with Crippen molar-refractivity contribution in [1.29, 1.82) is 0 Å². The van der Waals surface area contributed by atoms with Gasteiger partial charge in [0, 0.05) is 119 Å². The Morgan fingerprint density at radius 3 is 0.217 bits per heavy atom. The number of benzene rings is 15. The van der Waals surface area contributed by atoms with Gasteiger partial charge in [0.05, 0.1) is 39.6 Å². The van der Waals surface area contributed by atoms with Gasteiger partial charge < -0.3 is 17.3 Å². The molecule has 0 saturated heterocycles. The van der Waals surface area contributed by atoms with Crippen LogP contribution in [0.15, 0.2) is 455 Å². The van der Waals surface area contributed by atoms with E-state index < -0.39 is 46.9 Å². The SMILES string of the molecule is F[B-](F)(F)F.[Au].[Au].[Au].[Au].[Au].[CH3+].c1ccc([PH+](c2ccccc2)c2ccccc2)cc1.c1ccc([PH+](c2ccccc2)c2ccccc2)cc1.c1ccc([PH+](c2ccccc2)c2ccccc2)cc1.c1ccc([PH+](c2ccccc2)c2ccccc2)cc1.c1ccc([PH+](c2ccccc2)c2ccccc2)cc1. The molecule has 15 rings (SSSR count). The van der Waals surface area contributed by atoms with Crippen molar-refractivity contribution in [1.82, 2.24) is 0 Å². The van der Waals surface area contributed by atoms with Gasteiger partial charge in [-0.1, -0.05) is 273 Å². The van der Waals surface area contributed by atoms with Crippen molar-refractivity contribution in [2.24, 2.45) is 0 Å². The summed E-state index contributed by atoms with van der Waals surface area (Å²) >= 11 is 0. The van der Waals surface area contributed by atoms with Gasteiger partial charge in [-0.3, -0.25) is 0 Å². The van der Waals surface area contributed by atoms with Gasteiger partial charge in [-0.25, -0.2) is 0 Å². The predicted octanol–water partition coefficient (Wildman–Crippen LogP) is 17.6. The zero-order chi connectivity index (χ0) is 69.1. The van der Waals surface area contributed by atoms with Crippen LogP contribution in [0.2, 0.25) is 0 Å². The molecule has 0 aliphatic heterocycles. The van der Waals surface area contributed by atoms with Crippen molar-refractivity contribution >= 4 is 126 Å². The smallest absolute Gasteiger partial charge is 0.418 e. The van der Waals surface area contributed by atoms with E-state index in [-0.39, 0.29) is 119 Å². The molecule has 15 aromatic rings. The van der Waals surface area contributed by atoms with Crippen molar-refractivity contribution in [2.45, 2.75) is 0 Å². The van der Waals surface area contributed by atoms with Crippen molar-refractivity contribution in [2.75, 3.05) is 0 Å². The van der Waals surface area contributed by atoms with Gasteiger partial charge in [-0.15, -0.1) is 0 Å². The molecule has 0 amide bonds. The molecule has 15 aromatic carbocycles. The predicted molar refractivity (Wildman–Crippen MR) is 449 cm³/mol. The summed E-state index contributed by atoms with van der Waals surface area (Å²) in [7, 11) is -10.4. The Kier molecular flexibility index (Phi) is 45.2. The molecule has 0 unspecified atom stereocenters. The fourth-order valence-corrected chi connectivity index (χ4v) is 24.5. The van der Waals surface area contributed by atoms with Crippen LogP contribution >= 0.6 is 39.6 Å². The van der Waals surface area contributed by atoms with E-state index in [4.69, 9.17) is 0 Å². The Hall–Kier alpha value is -6.19. The summed E-state index contributed by atoms with van der Waals surface area (Å²) in [5.74, 6) is 0. The maximum Gasteiger partial charge on any atom is 0.673 e. The molecule has 0 aromatic heterocycles. The largest absolute Gasteiger partial charge is 0.673 e. The molecular formula is C91H83Au5BF4P5+5. The summed E-state index contributed by atoms with van der Waals surface area (Å²) in [4.78, 5) is 0. The van der Waals surface area contributed by atoms with Crippen LogP contribution in [0, 0.1) is 7.43 Å². The van der Waals surface area contributed by atoms with Crippen molar-refractivity contribution < 1.29 is 129 Å². The van der Waals surface area contributed by atoms with E-state index in [1.165, 1.54) is 79.6 Å². The van der Waals surface area contributed by atoms with E-state index in [2.05, 4.69) is 455 Å². The molecule has 106 heavy (non-hydrogen) atoms. The maximum absolute atomic E-state index is 9.75. The molecule has 0 spiro atoms. The van der Waals surface area contributed by atoms with Gasteiger partial charge in [0.25, 0.3) is 0 Å². The summed E-state index contributed by atoms with van der Waals surface area (Å²) in [6.45, 7) is 0. The monoisotopic (exact) mass is 2400 g/mol. The maximum atomic E-state index is 9.75. The summed E-state index contributed by atoms with van der Waals surface area (Å²) in [5, 5.41) is 21.5. The van der Waals surface area contributed by atoms with Crippen molar-refractivity contribution in [3.05, 3.63) is 462 Å². The summed E-state index contributed by atoms with van der Waals surface area (Å²) in [6, 6.07) is 162. The van der Waals surface area contributed by atoms with E-state index in [0.717, 1.165) is 0 Å². The van der Waals surface area contributed by atoms with Gasteiger partial charge >= 0.3 is 7.25 Å². The van der Waals surface area contributed by atoms with E-state index >= 15 is 0 Å². The number of halogens is 4. The second kappa shape index (κ2) is 52.0. The average molecular weight is 2400 g/mol. The van der Waals surface area contributed by atoms with Gasteiger partial charge in [0.2, 0.25) is 0 Å². The fourth-order valence-electron chi connectivity index (χ4n) is 11.6. The molecule has 0 nitrogen and oxygen atoms in total. The molecule has 0 atom stereocenters. The normalized spacial score (nSPS) is 10.0. The van der Waals surface area contributed by atoms with Crippen molar-refractivity contribution in [3.63, 3.8) is 0 Å². The minimum atomic E-state index is -6.00. The van der Waals surface area contributed by atoms with Crippen LogP contribution in [0.3, 0.4) is 0 Å². The van der Waals surface area contributed by atoms with E-state index in [1.807, 2.05) is 0 Å². The van der Waals surface area contributed by atoms with Crippen LogP contribution in [-0.2, 0) is 112 Å². The fraction of sp³-hybridized carbons (Fsp3) is 0. The minimum absolute atomic E-state index is 0. The van der Waals surface area contributed by atoms with Crippen LogP contribution in [0.1, 0.15) is 0 Å². The third-order valence-electron chi connectivity index (χ3n) is 15.9. The van der Waals surface area contributed by atoms with E-state index in [1.54, 1.807) is 0 Å². The first kappa shape index (κ1) is 92.2. The van der Waals surface area contributed by atoms with Crippen LogP contribution in [0.25, 0.3) is 0 Å². The Labute approximate surface area is 710 Å². The van der Waals surface area contributed by atoms with E-state index in [9.17, 15) is 17.3 Å². The molecule has 0 N–H and O–H groups in total. The zero-order valence-electron chi connectivity index (χ0n) is 57.9. The topological polar surface area (TPSA) is 0 Å². The molecule has 553 valence electrons. The molecule has 0 saturated carbocycles. The third-order valence-corrected chi connectivity index (χ3v) is 29.6. The summed E-state index contributed by atoms with van der Waals surface area (Å²) in [5.41, 5.74) is 0. The molecular weight excluding hydrogens is 2320 g/mol. The first-order chi connectivity index (χ1) is 49.2. The molecule has 5 radical (unpaired) electrons. The second-order valence-electron chi connectivity index (χ2n) is 22.9. The van der Waals surface area contributed by atoms with Gasteiger partial charge in [0.15, 0.2) is 0 Å². The van der Waals surface area contributed by atoms with Crippen LogP contribution < -0.4 is 79.6 Å². The second-order valence-corrected chi connectivity index (χ2v) is 35.3. The number of hydrogen-bond donors (Lipinski definition) is 0. The van der Waals surface area contributed by atoms with Crippen LogP contribution in [-0.4, -0.2) is 7.25 Å². The number of hydrogen-bond acceptors (Lipinski definition) is 0. The minimum Gasteiger partial charge on any atom is -0.418 e. The first-order valence-corrected chi connectivity index (χ1v) is 40.8. The van der Waals surface area contributed by atoms with Crippen LogP contribution in [0.4, 0.5) is 17.3 Å². The molecule has 0 fully saturated rings. The van der Waals surface area contributed by atoms with Crippen LogP contribution in [0.5, 0.6) is 0 Å². The third kappa shape index (κ3) is 30.3. The Balaban J connectivity index is 0.000000272. The summed E-state index contributed by atoms with van der Waals surface area (Å²) in [6.07, 6.45) is 0. The molecule has 0 aliphatic carbocycles. The standard InChI is InChI=1S/5C18H15P.CH3.5Au.BF4/c5*1-4-10-16(11-5-1)19(17-12-6-2-7-13-17)18-14-8-3-9-15-18;;;;;;;2-1(3,4)5/h5*1-15H;1H3;;;;;;/q;;;;;+1;;;;;;-1/p+5. The molecule has 0 aliphatic rings.